The standard InChI is InChI=1S/C13H9ClN2S2/c14-9-4-5-12-11(7-9)16-13(18-12)17-8-10-3-1-2-6-15-10/h1-7H,8H2. The van der Waals surface area contributed by atoms with Gasteiger partial charge in [-0.15, -0.1) is 11.3 Å². The number of fused-ring (bicyclic) bond motifs is 1. The monoisotopic (exact) mass is 292 g/mol. The van der Waals surface area contributed by atoms with Gasteiger partial charge in [-0.25, -0.2) is 4.98 Å². The first-order valence-corrected chi connectivity index (χ1v) is 7.58. The minimum atomic E-state index is 0.731. The lowest BCUT2D eigenvalue weighted by Gasteiger charge is -1.96. The third-order valence-electron chi connectivity index (χ3n) is 2.40. The first-order valence-electron chi connectivity index (χ1n) is 5.40. The normalized spacial score (nSPS) is 10.9. The van der Waals surface area contributed by atoms with E-state index < -0.39 is 0 Å². The second-order valence-corrected chi connectivity index (χ2v) is 6.39. The molecule has 5 heteroatoms. The number of rotatable bonds is 3. The van der Waals surface area contributed by atoms with Crippen LogP contribution < -0.4 is 0 Å². The van der Waals surface area contributed by atoms with Crippen molar-refractivity contribution in [2.45, 2.75) is 10.1 Å². The van der Waals surface area contributed by atoms with Crippen molar-refractivity contribution in [2.75, 3.05) is 0 Å². The zero-order chi connectivity index (χ0) is 12.4. The van der Waals surface area contributed by atoms with Gasteiger partial charge in [0, 0.05) is 17.0 Å². The van der Waals surface area contributed by atoms with E-state index in [4.69, 9.17) is 11.6 Å². The Morgan fingerprint density at radius 3 is 3.00 bits per heavy atom. The zero-order valence-electron chi connectivity index (χ0n) is 9.34. The maximum atomic E-state index is 5.95. The molecule has 2 heterocycles. The number of thiazole rings is 1. The lowest BCUT2D eigenvalue weighted by Crippen LogP contribution is -1.83. The minimum Gasteiger partial charge on any atom is -0.260 e. The average molecular weight is 293 g/mol. The molecular weight excluding hydrogens is 284 g/mol. The van der Waals surface area contributed by atoms with Crippen LogP contribution in [0.5, 0.6) is 0 Å². The molecular formula is C13H9ClN2S2. The van der Waals surface area contributed by atoms with Gasteiger partial charge in [0.2, 0.25) is 0 Å². The molecule has 3 aromatic rings. The Morgan fingerprint density at radius 1 is 1.22 bits per heavy atom. The Labute approximate surface area is 118 Å². The van der Waals surface area contributed by atoms with Crippen molar-refractivity contribution < 1.29 is 0 Å². The SMILES string of the molecule is Clc1ccc2sc(SCc3ccccn3)nc2c1. The van der Waals surface area contributed by atoms with Crippen LogP contribution in [0.2, 0.25) is 5.02 Å². The number of hydrogen-bond acceptors (Lipinski definition) is 4. The fourth-order valence-electron chi connectivity index (χ4n) is 1.56. The largest absolute Gasteiger partial charge is 0.260 e. The van der Waals surface area contributed by atoms with E-state index >= 15 is 0 Å². The van der Waals surface area contributed by atoms with Crippen LogP contribution in [0.3, 0.4) is 0 Å². The van der Waals surface area contributed by atoms with Crippen LogP contribution in [0.15, 0.2) is 46.9 Å². The van der Waals surface area contributed by atoms with E-state index in [9.17, 15) is 0 Å². The third kappa shape index (κ3) is 2.66. The summed E-state index contributed by atoms with van der Waals surface area (Å²) in [5.74, 6) is 0.842. The lowest BCUT2D eigenvalue weighted by molar-refractivity contribution is 1.17. The molecule has 0 aliphatic rings. The topological polar surface area (TPSA) is 25.8 Å². The van der Waals surface area contributed by atoms with Crippen molar-refractivity contribution in [3.63, 3.8) is 0 Å². The second kappa shape index (κ2) is 5.26. The molecule has 3 rings (SSSR count). The Kier molecular flexibility index (Phi) is 3.50. The number of hydrogen-bond donors (Lipinski definition) is 0. The first-order chi connectivity index (χ1) is 8.81. The van der Waals surface area contributed by atoms with E-state index in [-0.39, 0.29) is 0 Å². The molecule has 2 aromatic heterocycles. The highest BCUT2D eigenvalue weighted by Crippen LogP contribution is 2.32. The predicted octanol–water partition coefficient (Wildman–Crippen LogP) is 4.64. The highest BCUT2D eigenvalue weighted by molar-refractivity contribution is 8.00. The smallest absolute Gasteiger partial charge is 0.151 e. The van der Waals surface area contributed by atoms with Gasteiger partial charge in [0.05, 0.1) is 15.9 Å². The van der Waals surface area contributed by atoms with E-state index in [0.29, 0.717) is 0 Å². The van der Waals surface area contributed by atoms with Crippen molar-refractivity contribution >= 4 is 44.9 Å². The van der Waals surface area contributed by atoms with E-state index in [1.54, 1.807) is 23.1 Å². The molecule has 0 unspecified atom stereocenters. The zero-order valence-corrected chi connectivity index (χ0v) is 11.7. The van der Waals surface area contributed by atoms with Crippen LogP contribution in [-0.4, -0.2) is 9.97 Å². The Balaban J connectivity index is 1.79. The van der Waals surface area contributed by atoms with E-state index in [1.807, 2.05) is 42.6 Å². The second-order valence-electron chi connectivity index (χ2n) is 3.70. The van der Waals surface area contributed by atoms with Crippen molar-refractivity contribution in [1.29, 1.82) is 0 Å². The van der Waals surface area contributed by atoms with Gasteiger partial charge in [-0.2, -0.15) is 0 Å². The Hall–Kier alpha value is -1.10. The van der Waals surface area contributed by atoms with Crippen LogP contribution in [0.4, 0.5) is 0 Å². The number of nitrogens with zero attached hydrogens (tertiary/aromatic N) is 2. The van der Waals surface area contributed by atoms with Gasteiger partial charge >= 0.3 is 0 Å². The molecule has 2 nitrogen and oxygen atoms in total. The summed E-state index contributed by atoms with van der Waals surface area (Å²) in [5, 5.41) is 0.731. The molecule has 0 saturated heterocycles. The fourth-order valence-corrected chi connectivity index (χ4v) is 3.69. The summed E-state index contributed by atoms with van der Waals surface area (Å²) in [6.07, 6.45) is 1.81. The molecule has 0 radical (unpaired) electrons. The van der Waals surface area contributed by atoms with Crippen LogP contribution in [0, 0.1) is 0 Å². The van der Waals surface area contributed by atoms with Gasteiger partial charge in [-0.1, -0.05) is 29.4 Å². The molecule has 90 valence electrons. The van der Waals surface area contributed by atoms with Crippen LogP contribution in [0.25, 0.3) is 10.2 Å². The highest BCUT2D eigenvalue weighted by Gasteiger charge is 2.05. The van der Waals surface area contributed by atoms with Gasteiger partial charge in [0.1, 0.15) is 0 Å². The van der Waals surface area contributed by atoms with Crippen molar-refractivity contribution in [2.24, 2.45) is 0 Å². The molecule has 0 aliphatic heterocycles. The van der Waals surface area contributed by atoms with Gasteiger partial charge in [0.25, 0.3) is 0 Å². The average Bonchev–Trinajstić information content (AvgIpc) is 2.79. The van der Waals surface area contributed by atoms with Gasteiger partial charge in [-0.05, 0) is 30.3 Å². The molecule has 0 amide bonds. The summed E-state index contributed by atoms with van der Waals surface area (Å²) in [6, 6.07) is 11.8. The van der Waals surface area contributed by atoms with E-state index in [0.717, 1.165) is 26.3 Å². The molecule has 0 N–H and O–H groups in total. The van der Waals surface area contributed by atoms with E-state index in [1.165, 1.54) is 4.70 Å². The number of halogens is 1. The van der Waals surface area contributed by atoms with E-state index in [2.05, 4.69) is 9.97 Å². The van der Waals surface area contributed by atoms with Gasteiger partial charge < -0.3 is 0 Å². The van der Waals surface area contributed by atoms with Crippen molar-refractivity contribution in [3.8, 4) is 0 Å². The molecule has 1 aromatic carbocycles. The summed E-state index contributed by atoms with van der Waals surface area (Å²) < 4.78 is 2.22. The molecule has 0 spiro atoms. The molecule has 0 fully saturated rings. The number of thioether (sulfide) groups is 1. The van der Waals surface area contributed by atoms with Crippen LogP contribution in [-0.2, 0) is 5.75 Å². The molecule has 0 aliphatic carbocycles. The number of pyridine rings is 1. The summed E-state index contributed by atoms with van der Waals surface area (Å²) in [5.41, 5.74) is 2.04. The minimum absolute atomic E-state index is 0.731. The number of aromatic nitrogens is 2. The summed E-state index contributed by atoms with van der Waals surface area (Å²) in [4.78, 5) is 8.85. The maximum absolute atomic E-state index is 5.95. The Morgan fingerprint density at radius 2 is 2.17 bits per heavy atom. The Bertz CT molecular complexity index is 667. The highest BCUT2D eigenvalue weighted by atomic mass is 35.5. The first kappa shape index (κ1) is 12.0. The maximum Gasteiger partial charge on any atom is 0.151 e. The molecule has 0 bridgehead atoms. The summed E-state index contributed by atoms with van der Waals surface area (Å²) >= 11 is 9.35. The third-order valence-corrected chi connectivity index (χ3v) is 4.85. The molecule has 18 heavy (non-hydrogen) atoms. The molecule has 0 saturated carbocycles. The van der Waals surface area contributed by atoms with Gasteiger partial charge in [0.15, 0.2) is 4.34 Å². The lowest BCUT2D eigenvalue weighted by atomic mass is 10.3. The van der Waals surface area contributed by atoms with Crippen molar-refractivity contribution in [3.05, 3.63) is 53.3 Å². The summed E-state index contributed by atoms with van der Waals surface area (Å²) in [6.45, 7) is 0. The fraction of sp³-hybridized carbons (Fsp3) is 0.0769. The van der Waals surface area contributed by atoms with Gasteiger partial charge in [-0.3, -0.25) is 4.98 Å². The molecule has 0 atom stereocenters. The van der Waals surface area contributed by atoms with Crippen molar-refractivity contribution in [1.82, 2.24) is 9.97 Å². The van der Waals surface area contributed by atoms with Crippen LogP contribution >= 0.6 is 34.7 Å². The number of benzene rings is 1. The summed E-state index contributed by atoms with van der Waals surface area (Å²) in [7, 11) is 0. The quantitative estimate of drug-likeness (QED) is 0.658. The predicted molar refractivity (Wildman–Crippen MR) is 78.4 cm³/mol. The van der Waals surface area contributed by atoms with Crippen LogP contribution in [0.1, 0.15) is 5.69 Å².